The topological polar surface area (TPSA) is 182 Å². The van der Waals surface area contributed by atoms with Crippen LogP contribution in [-0.2, 0) is 48.3 Å². The van der Waals surface area contributed by atoms with Crippen LogP contribution in [0.5, 0.6) is 0 Å². The Balaban J connectivity index is 1.42. The lowest BCUT2D eigenvalue weighted by molar-refractivity contribution is -0.276. The molecular weight excluding hydrogens is 572 g/mol. The third kappa shape index (κ3) is 9.51. The first-order valence-electron chi connectivity index (χ1n) is 13.9. The molecule has 1 saturated heterocycles. The number of rotatable bonds is 14. The van der Waals surface area contributed by atoms with Crippen LogP contribution in [0.1, 0.15) is 16.7 Å². The van der Waals surface area contributed by atoms with Crippen molar-refractivity contribution in [1.82, 2.24) is 5.32 Å². The Morgan fingerprint density at radius 2 is 1.41 bits per heavy atom. The summed E-state index contributed by atoms with van der Waals surface area (Å²) in [4.78, 5) is 28.5. The fraction of sp³-hybridized carbons (Fsp3) is 0.355. The number of amides is 1. The van der Waals surface area contributed by atoms with Crippen LogP contribution in [0, 0.1) is 0 Å². The maximum absolute atomic E-state index is 13.1. The number of benzene rings is 3. The number of ether oxygens (including phenoxy) is 5. The highest BCUT2D eigenvalue weighted by Gasteiger charge is 2.46. The molecule has 0 saturated carbocycles. The quantitative estimate of drug-likeness (QED) is 0.107. The number of carbonyl (C=O) groups excluding carboxylic acids is 2. The molecule has 0 bridgehead atoms. The molecule has 1 aliphatic rings. The van der Waals surface area contributed by atoms with Gasteiger partial charge in [-0.15, -0.1) is 0 Å². The SMILES string of the molecule is [N-]=[N+]=N[C@H]1[C@@H](OC[C@H](NC(=O)OCc2ccccc2)C(=O)OCc2ccccc2)O[C@H](CO)[C@H](OCc2ccccc2)[C@@H]1O. The minimum Gasteiger partial charge on any atom is -0.459 e. The molecular formula is C31H34N4O9. The zero-order chi connectivity index (χ0) is 31.1. The second-order valence-electron chi connectivity index (χ2n) is 9.86. The molecule has 13 nitrogen and oxygen atoms in total. The largest absolute Gasteiger partial charge is 0.459 e. The van der Waals surface area contributed by atoms with E-state index < -0.39 is 62.0 Å². The lowest BCUT2D eigenvalue weighted by Crippen LogP contribution is -2.60. The molecule has 3 aromatic rings. The minimum absolute atomic E-state index is 0.0429. The Hall–Kier alpha value is -4.49. The van der Waals surface area contributed by atoms with E-state index in [4.69, 9.17) is 23.7 Å². The van der Waals surface area contributed by atoms with Crippen molar-refractivity contribution in [2.24, 2.45) is 5.11 Å². The fourth-order valence-electron chi connectivity index (χ4n) is 4.44. The number of esters is 1. The lowest BCUT2D eigenvalue weighted by Gasteiger charge is -2.42. The summed E-state index contributed by atoms with van der Waals surface area (Å²) in [5, 5.41) is 27.1. The summed E-state index contributed by atoms with van der Waals surface area (Å²) in [6.45, 7) is -1.06. The van der Waals surface area contributed by atoms with E-state index in [1.54, 1.807) is 48.5 Å². The molecule has 3 N–H and O–H groups in total. The Kier molecular flexibility index (Phi) is 12.5. The number of hydrogen-bond donors (Lipinski definition) is 3. The van der Waals surface area contributed by atoms with Crippen LogP contribution in [0.3, 0.4) is 0 Å². The van der Waals surface area contributed by atoms with Gasteiger partial charge in [0.1, 0.15) is 31.5 Å². The van der Waals surface area contributed by atoms with Crippen molar-refractivity contribution < 1.29 is 43.5 Å². The highest BCUT2D eigenvalue weighted by molar-refractivity contribution is 5.81. The van der Waals surface area contributed by atoms with Crippen molar-refractivity contribution in [3.63, 3.8) is 0 Å². The van der Waals surface area contributed by atoms with E-state index in [-0.39, 0.29) is 19.8 Å². The van der Waals surface area contributed by atoms with E-state index in [2.05, 4.69) is 15.3 Å². The van der Waals surface area contributed by atoms with Crippen LogP contribution in [-0.4, -0.2) is 72.2 Å². The van der Waals surface area contributed by atoms with Gasteiger partial charge in [-0.2, -0.15) is 0 Å². The molecule has 1 fully saturated rings. The molecule has 4 rings (SSSR count). The molecule has 3 aromatic carbocycles. The Morgan fingerprint density at radius 1 is 0.864 bits per heavy atom. The maximum Gasteiger partial charge on any atom is 0.408 e. The predicted molar refractivity (Wildman–Crippen MR) is 155 cm³/mol. The number of carbonyl (C=O) groups is 2. The second-order valence-corrected chi connectivity index (χ2v) is 9.86. The van der Waals surface area contributed by atoms with Gasteiger partial charge in [0, 0.05) is 4.91 Å². The number of nitrogens with zero attached hydrogens (tertiary/aromatic N) is 3. The third-order valence-electron chi connectivity index (χ3n) is 6.73. The first kappa shape index (κ1) is 32.4. The molecule has 1 heterocycles. The van der Waals surface area contributed by atoms with Gasteiger partial charge in [-0.3, -0.25) is 0 Å². The summed E-state index contributed by atoms with van der Waals surface area (Å²) < 4.78 is 28.1. The van der Waals surface area contributed by atoms with E-state index in [1.807, 2.05) is 42.5 Å². The lowest BCUT2D eigenvalue weighted by atomic mass is 9.97. The molecule has 0 aliphatic carbocycles. The van der Waals surface area contributed by atoms with Gasteiger partial charge in [0.05, 0.1) is 25.9 Å². The fourth-order valence-corrected chi connectivity index (χ4v) is 4.44. The summed E-state index contributed by atoms with van der Waals surface area (Å²) in [6, 6.07) is 24.4. The first-order chi connectivity index (χ1) is 21.5. The van der Waals surface area contributed by atoms with Crippen LogP contribution in [0.25, 0.3) is 10.4 Å². The highest BCUT2D eigenvalue weighted by Crippen LogP contribution is 2.28. The van der Waals surface area contributed by atoms with E-state index in [9.17, 15) is 25.3 Å². The summed E-state index contributed by atoms with van der Waals surface area (Å²) in [5.41, 5.74) is 11.5. The average Bonchev–Trinajstić information content (AvgIpc) is 3.06. The van der Waals surface area contributed by atoms with Crippen LogP contribution in [0.15, 0.2) is 96.1 Å². The molecule has 232 valence electrons. The van der Waals surface area contributed by atoms with Crippen molar-refractivity contribution in [3.8, 4) is 0 Å². The molecule has 0 aromatic heterocycles. The normalized spacial score (nSPS) is 21.8. The van der Waals surface area contributed by atoms with Crippen LogP contribution in [0.4, 0.5) is 4.79 Å². The number of hydrogen-bond acceptors (Lipinski definition) is 10. The van der Waals surface area contributed by atoms with Gasteiger partial charge in [-0.25, -0.2) is 9.59 Å². The Morgan fingerprint density at radius 3 is 1.95 bits per heavy atom. The van der Waals surface area contributed by atoms with Crippen molar-refractivity contribution >= 4 is 12.1 Å². The van der Waals surface area contributed by atoms with Crippen molar-refractivity contribution in [2.45, 2.75) is 56.5 Å². The molecule has 1 aliphatic heterocycles. The van der Waals surface area contributed by atoms with Gasteiger partial charge in [0.2, 0.25) is 0 Å². The van der Waals surface area contributed by atoms with Crippen molar-refractivity contribution in [3.05, 3.63) is 118 Å². The third-order valence-corrected chi connectivity index (χ3v) is 6.73. The van der Waals surface area contributed by atoms with Gasteiger partial charge >= 0.3 is 12.1 Å². The molecule has 6 atom stereocenters. The molecule has 0 spiro atoms. The Bertz CT molecular complexity index is 1360. The van der Waals surface area contributed by atoms with Gasteiger partial charge in [-0.05, 0) is 22.2 Å². The monoisotopic (exact) mass is 606 g/mol. The number of alkyl carbamates (subject to hydrolysis) is 1. The summed E-state index contributed by atoms with van der Waals surface area (Å²) >= 11 is 0. The summed E-state index contributed by atoms with van der Waals surface area (Å²) in [5.74, 6) is -0.829. The standard InChI is InChI=1S/C31H34N4O9/c32-35-34-26-27(37)28(40-17-21-10-4-1-5-11-21)25(16-36)44-30(26)42-20-24(29(38)41-18-22-12-6-2-7-13-22)33-31(39)43-19-23-14-8-3-9-15-23/h1-15,24-28,30,36-37H,16-20H2,(H,33,39)/t24-,25+,26+,27+,28-,30-/m0/s1. The van der Waals surface area contributed by atoms with E-state index in [0.29, 0.717) is 0 Å². The van der Waals surface area contributed by atoms with Gasteiger partial charge in [0.15, 0.2) is 12.3 Å². The van der Waals surface area contributed by atoms with Gasteiger partial charge < -0.3 is 39.2 Å². The van der Waals surface area contributed by atoms with Gasteiger partial charge in [0.25, 0.3) is 0 Å². The summed E-state index contributed by atoms with van der Waals surface area (Å²) in [6.07, 6.45) is -5.86. The zero-order valence-electron chi connectivity index (χ0n) is 23.8. The first-order valence-corrected chi connectivity index (χ1v) is 13.9. The van der Waals surface area contributed by atoms with Crippen LogP contribution >= 0.6 is 0 Å². The second kappa shape index (κ2) is 17.0. The van der Waals surface area contributed by atoms with Crippen LogP contribution < -0.4 is 5.32 Å². The van der Waals surface area contributed by atoms with E-state index in [0.717, 1.165) is 16.7 Å². The Labute approximate surface area is 253 Å². The molecule has 1 amide bonds. The summed E-state index contributed by atoms with van der Waals surface area (Å²) in [7, 11) is 0. The molecule has 44 heavy (non-hydrogen) atoms. The molecule has 0 unspecified atom stereocenters. The van der Waals surface area contributed by atoms with Crippen LogP contribution in [0.2, 0.25) is 0 Å². The van der Waals surface area contributed by atoms with E-state index in [1.165, 1.54) is 0 Å². The highest BCUT2D eigenvalue weighted by atomic mass is 16.7. The predicted octanol–water partition coefficient (Wildman–Crippen LogP) is 3.38. The zero-order valence-corrected chi connectivity index (χ0v) is 23.8. The van der Waals surface area contributed by atoms with Crippen molar-refractivity contribution in [2.75, 3.05) is 13.2 Å². The number of nitrogens with one attached hydrogen (secondary N) is 1. The molecule has 0 radical (unpaired) electrons. The number of azide groups is 1. The van der Waals surface area contributed by atoms with E-state index >= 15 is 0 Å². The smallest absolute Gasteiger partial charge is 0.408 e. The van der Waals surface area contributed by atoms with Gasteiger partial charge in [-0.1, -0.05) is 96.1 Å². The number of aliphatic hydroxyl groups excluding tert-OH is 2. The average molecular weight is 607 g/mol. The maximum atomic E-state index is 13.1. The molecule has 13 heteroatoms. The van der Waals surface area contributed by atoms with Crippen molar-refractivity contribution in [1.29, 1.82) is 0 Å². The number of aliphatic hydroxyl groups is 2. The minimum atomic E-state index is -1.43.